The number of hydrogen-bond acceptors (Lipinski definition) is 8. The zero-order valence-corrected chi connectivity index (χ0v) is 20.6. The number of carbonyl (C=O) groups is 2. The van der Waals surface area contributed by atoms with Gasteiger partial charge in [-0.2, -0.15) is 0 Å². The lowest BCUT2D eigenvalue weighted by Crippen LogP contribution is -2.50. The first-order chi connectivity index (χ1) is 16.8. The summed E-state index contributed by atoms with van der Waals surface area (Å²) < 4.78 is 23.8. The maximum atomic E-state index is 13.6. The monoisotopic (exact) mass is 501 g/mol. The van der Waals surface area contributed by atoms with Gasteiger partial charge < -0.3 is 14.7 Å². The molecular weight excluding hydrogens is 470 g/mol. The highest BCUT2D eigenvalue weighted by Crippen LogP contribution is 2.26. The summed E-state index contributed by atoms with van der Waals surface area (Å²) in [5.41, 5.74) is 4.69. The number of nitrogens with zero attached hydrogens (tertiary/aromatic N) is 5. The Balaban J connectivity index is 1.60. The van der Waals surface area contributed by atoms with Crippen LogP contribution in [0.1, 0.15) is 16.1 Å². The van der Waals surface area contributed by atoms with Crippen LogP contribution in [-0.2, 0) is 16.4 Å². The molecule has 0 bridgehead atoms. The van der Waals surface area contributed by atoms with Crippen molar-refractivity contribution in [2.75, 3.05) is 67.6 Å². The number of nitrogens with two attached hydrogens (primary N) is 1. The molecule has 11 nitrogen and oxygen atoms in total. The predicted molar refractivity (Wildman–Crippen MR) is 134 cm³/mol. The third-order valence-corrected chi connectivity index (χ3v) is 8.00. The van der Waals surface area contributed by atoms with Gasteiger partial charge in [-0.3, -0.25) is 20.1 Å². The number of aromatic nitrogens is 1. The maximum absolute atomic E-state index is 13.6. The van der Waals surface area contributed by atoms with Crippen molar-refractivity contribution in [3.8, 4) is 0 Å². The number of urea groups is 1. The number of rotatable bonds is 5. The van der Waals surface area contributed by atoms with Gasteiger partial charge in [-0.15, -0.1) is 0 Å². The Morgan fingerprint density at radius 3 is 2.40 bits per heavy atom. The highest BCUT2D eigenvalue weighted by Gasteiger charge is 2.29. The van der Waals surface area contributed by atoms with E-state index < -0.39 is 15.7 Å². The molecule has 3 amide bonds. The van der Waals surface area contributed by atoms with E-state index in [0.717, 1.165) is 31.9 Å². The average molecular weight is 502 g/mol. The first-order valence-electron chi connectivity index (χ1n) is 11.5. The lowest BCUT2D eigenvalue weighted by atomic mass is 10.2. The van der Waals surface area contributed by atoms with Crippen LogP contribution in [-0.4, -0.2) is 93.0 Å². The fourth-order valence-corrected chi connectivity index (χ4v) is 5.36. The van der Waals surface area contributed by atoms with E-state index in [1.165, 1.54) is 6.20 Å². The second-order valence-corrected chi connectivity index (χ2v) is 11.1. The minimum Gasteiger partial charge on any atom is -0.369 e. The molecule has 3 heterocycles. The van der Waals surface area contributed by atoms with E-state index in [4.69, 9.17) is 5.84 Å². The van der Waals surface area contributed by atoms with Crippen LogP contribution in [0.15, 0.2) is 42.6 Å². The number of hydrogen-bond donors (Lipinski definition) is 2. The van der Waals surface area contributed by atoms with E-state index in [0.29, 0.717) is 16.9 Å². The van der Waals surface area contributed by atoms with Crippen molar-refractivity contribution >= 4 is 33.2 Å². The van der Waals surface area contributed by atoms with Crippen molar-refractivity contribution in [2.24, 2.45) is 5.84 Å². The lowest BCUT2D eigenvalue weighted by molar-refractivity contribution is 0.0953. The molecule has 35 heavy (non-hydrogen) atoms. The number of pyridine rings is 1. The lowest BCUT2D eigenvalue weighted by Gasteiger charge is -2.35. The third-order valence-electron chi connectivity index (χ3n) is 6.39. The van der Waals surface area contributed by atoms with Crippen molar-refractivity contribution in [3.05, 3.63) is 53.9 Å². The van der Waals surface area contributed by atoms with Crippen LogP contribution in [0.3, 0.4) is 0 Å². The van der Waals surface area contributed by atoms with Gasteiger partial charge in [-0.1, -0.05) is 6.07 Å². The fraction of sp³-hybridized carbons (Fsp3) is 0.435. The molecule has 1 aromatic heterocycles. The van der Waals surface area contributed by atoms with Gasteiger partial charge >= 0.3 is 6.03 Å². The molecule has 2 aromatic rings. The zero-order valence-electron chi connectivity index (χ0n) is 19.8. The predicted octanol–water partition coefficient (Wildman–Crippen LogP) is 0.294. The summed E-state index contributed by atoms with van der Waals surface area (Å²) in [4.78, 5) is 37.4. The molecule has 0 radical (unpaired) electrons. The van der Waals surface area contributed by atoms with Gasteiger partial charge in [-0.05, 0) is 37.4 Å². The Hall–Kier alpha value is -3.22. The maximum Gasteiger partial charge on any atom is 0.324 e. The van der Waals surface area contributed by atoms with Crippen molar-refractivity contribution in [1.29, 1.82) is 0 Å². The number of nitrogens with one attached hydrogen (secondary N) is 1. The normalized spacial score (nSPS) is 18.2. The van der Waals surface area contributed by atoms with E-state index in [1.54, 1.807) is 21.9 Å². The number of benzene rings is 1. The number of piperazine rings is 1. The summed E-state index contributed by atoms with van der Waals surface area (Å²) in [5, 5.41) is 0. The first-order valence-corrected chi connectivity index (χ1v) is 13.3. The summed E-state index contributed by atoms with van der Waals surface area (Å²) in [6, 6.07) is 10.8. The van der Waals surface area contributed by atoms with Crippen LogP contribution in [0.4, 0.5) is 16.2 Å². The van der Waals surface area contributed by atoms with E-state index >= 15 is 0 Å². The minimum atomic E-state index is -3.12. The summed E-state index contributed by atoms with van der Waals surface area (Å²) in [6.07, 6.45) is 1.41. The Bertz CT molecular complexity index is 1150. The molecule has 188 valence electrons. The SMILES string of the molecule is CN1CCN(c2cccc(N(Cc3ccc(C(=O)NN)cn3)C(=O)N3CCS(=O)(=O)CC3)c2)CC1. The molecule has 2 aliphatic heterocycles. The van der Waals surface area contributed by atoms with Gasteiger partial charge in [0.25, 0.3) is 5.91 Å². The number of anilines is 2. The smallest absolute Gasteiger partial charge is 0.324 e. The van der Waals surface area contributed by atoms with Gasteiger partial charge in [0.2, 0.25) is 0 Å². The summed E-state index contributed by atoms with van der Waals surface area (Å²) in [5.74, 6) is 4.64. The zero-order chi connectivity index (χ0) is 25.0. The molecule has 0 atom stereocenters. The van der Waals surface area contributed by atoms with E-state index in [9.17, 15) is 18.0 Å². The molecule has 12 heteroatoms. The molecule has 0 spiro atoms. The Labute approximate surface area is 205 Å². The van der Waals surface area contributed by atoms with Crippen LogP contribution in [0, 0.1) is 0 Å². The number of hydrazine groups is 1. The highest BCUT2D eigenvalue weighted by atomic mass is 32.2. The van der Waals surface area contributed by atoms with Crippen molar-refractivity contribution in [3.63, 3.8) is 0 Å². The molecule has 0 saturated carbocycles. The minimum absolute atomic E-state index is 0.0466. The number of nitrogen functional groups attached to an aromatic ring is 1. The number of amides is 3. The van der Waals surface area contributed by atoms with Gasteiger partial charge in [0.05, 0.1) is 29.3 Å². The standard InChI is InChI=1S/C23H31N7O4S/c1-27-7-9-28(10-8-27)20-3-2-4-21(15-20)30(23(32)29-11-13-35(33,34)14-12-29)17-19-6-5-18(16-25-19)22(31)26-24/h2-6,15-16H,7-14,17,24H2,1H3,(H,26,31). The first kappa shape index (κ1) is 24.9. The molecule has 2 aliphatic rings. The van der Waals surface area contributed by atoms with Crippen LogP contribution >= 0.6 is 0 Å². The van der Waals surface area contributed by atoms with Crippen molar-refractivity contribution < 1.29 is 18.0 Å². The van der Waals surface area contributed by atoms with Crippen LogP contribution in [0.25, 0.3) is 0 Å². The molecule has 1 aromatic carbocycles. The second-order valence-electron chi connectivity index (χ2n) is 8.83. The Morgan fingerprint density at radius 1 is 1.06 bits per heavy atom. The quantitative estimate of drug-likeness (QED) is 0.340. The van der Waals surface area contributed by atoms with Crippen LogP contribution < -0.4 is 21.1 Å². The average Bonchev–Trinajstić information content (AvgIpc) is 2.87. The highest BCUT2D eigenvalue weighted by molar-refractivity contribution is 7.91. The van der Waals surface area contributed by atoms with Gasteiger partial charge in [-0.25, -0.2) is 19.1 Å². The molecule has 0 unspecified atom stereocenters. The second kappa shape index (κ2) is 10.6. The molecule has 2 fully saturated rings. The molecule has 4 rings (SSSR count). The summed E-state index contributed by atoms with van der Waals surface area (Å²) >= 11 is 0. The molecule has 3 N–H and O–H groups in total. The summed E-state index contributed by atoms with van der Waals surface area (Å²) in [7, 11) is -1.02. The van der Waals surface area contributed by atoms with Crippen molar-refractivity contribution in [2.45, 2.75) is 6.54 Å². The topological polar surface area (TPSA) is 132 Å². The molecule has 0 aliphatic carbocycles. The Kier molecular flexibility index (Phi) is 7.53. The number of carbonyl (C=O) groups excluding carboxylic acids is 2. The molecular formula is C23H31N7O4S. The summed E-state index contributed by atoms with van der Waals surface area (Å²) in [6.45, 7) is 4.17. The van der Waals surface area contributed by atoms with E-state index in [1.807, 2.05) is 24.3 Å². The number of sulfone groups is 1. The van der Waals surface area contributed by atoms with Crippen LogP contribution in [0.5, 0.6) is 0 Å². The van der Waals surface area contributed by atoms with E-state index in [2.05, 4.69) is 27.3 Å². The van der Waals surface area contributed by atoms with Gasteiger partial charge in [0.15, 0.2) is 9.84 Å². The van der Waals surface area contributed by atoms with E-state index in [-0.39, 0.29) is 37.2 Å². The fourth-order valence-electron chi connectivity index (χ4n) is 4.16. The van der Waals surface area contributed by atoms with Crippen LogP contribution in [0.2, 0.25) is 0 Å². The van der Waals surface area contributed by atoms with Gasteiger partial charge in [0, 0.05) is 56.8 Å². The van der Waals surface area contributed by atoms with Gasteiger partial charge in [0.1, 0.15) is 0 Å². The largest absolute Gasteiger partial charge is 0.369 e. The number of likely N-dealkylation sites (N-methyl/N-ethyl adjacent to an activating group) is 1. The molecule has 2 saturated heterocycles. The van der Waals surface area contributed by atoms with Crippen molar-refractivity contribution in [1.82, 2.24) is 20.2 Å². The Morgan fingerprint density at radius 2 is 1.77 bits per heavy atom. The third kappa shape index (κ3) is 6.08.